The van der Waals surface area contributed by atoms with Crippen molar-refractivity contribution in [3.05, 3.63) is 112 Å². The Bertz CT molecular complexity index is 1530. The van der Waals surface area contributed by atoms with E-state index in [9.17, 15) is 14.7 Å². The van der Waals surface area contributed by atoms with E-state index in [1.807, 2.05) is 67.5 Å². The second-order valence-electron chi connectivity index (χ2n) is 9.44. The van der Waals surface area contributed by atoms with Crippen LogP contribution < -0.4 is 4.74 Å². The second kappa shape index (κ2) is 10.7. The quantitative estimate of drug-likeness (QED) is 0.275. The summed E-state index contributed by atoms with van der Waals surface area (Å²) < 4.78 is 11.8. The summed E-state index contributed by atoms with van der Waals surface area (Å²) in [5.41, 5.74) is 2.12. The number of likely N-dealkylation sites (N-methyl/N-ethyl adjacent to an activating group) is 1. The van der Waals surface area contributed by atoms with Crippen molar-refractivity contribution in [2.45, 2.75) is 12.6 Å². The maximum Gasteiger partial charge on any atom is 0.290 e. The van der Waals surface area contributed by atoms with Crippen LogP contribution in [0.5, 0.6) is 5.75 Å². The van der Waals surface area contributed by atoms with Crippen LogP contribution in [-0.4, -0.2) is 53.8 Å². The van der Waals surface area contributed by atoms with Crippen LogP contribution in [-0.2, 0) is 11.4 Å². The first-order chi connectivity index (χ1) is 18.3. The second-order valence-corrected chi connectivity index (χ2v) is 9.87. The minimum absolute atomic E-state index is 0.0209. The molecule has 0 saturated heterocycles. The highest BCUT2D eigenvalue weighted by molar-refractivity contribution is 6.31. The molecule has 1 atom stereocenters. The Morgan fingerprint density at radius 2 is 1.84 bits per heavy atom. The van der Waals surface area contributed by atoms with E-state index in [1.54, 1.807) is 30.3 Å². The van der Waals surface area contributed by atoms with Crippen LogP contribution in [0.1, 0.15) is 27.7 Å². The molecule has 1 aliphatic rings. The van der Waals surface area contributed by atoms with Crippen LogP contribution in [0.2, 0.25) is 5.02 Å². The fourth-order valence-corrected chi connectivity index (χ4v) is 4.73. The van der Waals surface area contributed by atoms with Crippen molar-refractivity contribution in [3.8, 4) is 5.75 Å². The summed E-state index contributed by atoms with van der Waals surface area (Å²) in [6, 6.07) is 22.8. The Balaban J connectivity index is 1.51. The number of hydrogen-bond donors (Lipinski definition) is 1. The summed E-state index contributed by atoms with van der Waals surface area (Å²) in [5.74, 6) is -1.13. The van der Waals surface area contributed by atoms with Gasteiger partial charge in [0.1, 0.15) is 17.9 Å². The highest BCUT2D eigenvalue weighted by Crippen LogP contribution is 2.40. The van der Waals surface area contributed by atoms with E-state index < -0.39 is 23.5 Å². The third-order valence-corrected chi connectivity index (χ3v) is 6.70. The Hall–Kier alpha value is -4.07. The Kier molecular flexibility index (Phi) is 7.22. The van der Waals surface area contributed by atoms with Crippen molar-refractivity contribution in [2.75, 3.05) is 27.2 Å². The fraction of sp³-hybridized carbons (Fsp3) is 0.200. The standard InChI is InChI=1S/C30H27ClN2O5/c1-32(2)13-14-33-27(20-9-6-10-23(16-20)37-18-19-7-4-3-5-8-19)26(29(35)30(33)36)28(34)25-17-21-15-22(31)11-12-24(21)38-25/h3-12,15-17,27,35H,13-14,18H2,1-2H3. The largest absolute Gasteiger partial charge is 0.503 e. The lowest BCUT2D eigenvalue weighted by atomic mass is 9.95. The predicted molar refractivity (Wildman–Crippen MR) is 145 cm³/mol. The number of carbonyl (C=O) groups is 2. The molecule has 0 fully saturated rings. The minimum atomic E-state index is -0.813. The van der Waals surface area contributed by atoms with Crippen LogP contribution in [0.3, 0.4) is 0 Å². The van der Waals surface area contributed by atoms with Gasteiger partial charge in [0.05, 0.1) is 11.6 Å². The molecule has 0 spiro atoms. The Labute approximate surface area is 225 Å². The zero-order chi connectivity index (χ0) is 26.8. The molecule has 1 unspecified atom stereocenters. The molecule has 194 valence electrons. The van der Waals surface area contributed by atoms with Gasteiger partial charge in [-0.15, -0.1) is 0 Å². The first-order valence-electron chi connectivity index (χ1n) is 12.2. The van der Waals surface area contributed by atoms with E-state index in [-0.39, 0.29) is 11.3 Å². The van der Waals surface area contributed by atoms with Gasteiger partial charge in [0.15, 0.2) is 11.5 Å². The summed E-state index contributed by atoms with van der Waals surface area (Å²) in [7, 11) is 3.79. The summed E-state index contributed by atoms with van der Waals surface area (Å²) in [6.45, 7) is 1.22. The van der Waals surface area contributed by atoms with Gasteiger partial charge in [0.25, 0.3) is 5.91 Å². The molecule has 0 saturated carbocycles. The predicted octanol–water partition coefficient (Wildman–Crippen LogP) is 5.81. The number of aliphatic hydroxyl groups excluding tert-OH is 1. The minimum Gasteiger partial charge on any atom is -0.503 e. The molecular formula is C30H27ClN2O5. The van der Waals surface area contributed by atoms with Crippen molar-refractivity contribution in [1.29, 1.82) is 0 Å². The van der Waals surface area contributed by atoms with E-state index in [4.69, 9.17) is 20.8 Å². The van der Waals surface area contributed by atoms with Gasteiger partial charge in [-0.25, -0.2) is 0 Å². The zero-order valence-corrected chi connectivity index (χ0v) is 21.8. The van der Waals surface area contributed by atoms with Crippen LogP contribution in [0, 0.1) is 0 Å². The topological polar surface area (TPSA) is 83.2 Å². The Morgan fingerprint density at radius 1 is 1.05 bits per heavy atom. The molecule has 4 aromatic rings. The van der Waals surface area contributed by atoms with E-state index >= 15 is 0 Å². The van der Waals surface area contributed by atoms with Crippen molar-refractivity contribution in [3.63, 3.8) is 0 Å². The lowest BCUT2D eigenvalue weighted by Gasteiger charge is -2.28. The van der Waals surface area contributed by atoms with Gasteiger partial charge in [-0.1, -0.05) is 54.1 Å². The number of rotatable bonds is 9. The van der Waals surface area contributed by atoms with Gasteiger partial charge in [-0.3, -0.25) is 9.59 Å². The van der Waals surface area contributed by atoms with Crippen LogP contribution in [0.4, 0.5) is 0 Å². The Morgan fingerprint density at radius 3 is 2.61 bits per heavy atom. The fourth-order valence-electron chi connectivity index (χ4n) is 4.54. The van der Waals surface area contributed by atoms with Crippen LogP contribution in [0.15, 0.2) is 94.6 Å². The third kappa shape index (κ3) is 5.16. The average molecular weight is 531 g/mol. The number of fused-ring (bicyclic) bond motifs is 1. The van der Waals surface area contributed by atoms with Crippen molar-refractivity contribution < 1.29 is 23.8 Å². The van der Waals surface area contributed by atoms with Crippen LogP contribution >= 0.6 is 11.6 Å². The van der Waals surface area contributed by atoms with Gasteiger partial charge in [0.2, 0.25) is 5.78 Å². The molecule has 1 aromatic heterocycles. The molecule has 1 amide bonds. The van der Waals surface area contributed by atoms with E-state index in [2.05, 4.69) is 0 Å². The highest BCUT2D eigenvalue weighted by atomic mass is 35.5. The summed E-state index contributed by atoms with van der Waals surface area (Å²) in [4.78, 5) is 30.4. The van der Waals surface area contributed by atoms with Crippen molar-refractivity contribution >= 4 is 34.3 Å². The number of ether oxygens (including phenoxy) is 1. The number of hydrogen-bond acceptors (Lipinski definition) is 6. The monoisotopic (exact) mass is 530 g/mol. The lowest BCUT2D eigenvalue weighted by molar-refractivity contribution is -0.129. The van der Waals surface area contributed by atoms with E-state index in [0.717, 1.165) is 5.56 Å². The maximum atomic E-state index is 13.8. The number of aliphatic hydroxyl groups is 1. The molecule has 0 radical (unpaired) electrons. The molecule has 7 nitrogen and oxygen atoms in total. The molecule has 5 rings (SSSR count). The number of carbonyl (C=O) groups excluding carboxylic acids is 2. The number of benzene rings is 3. The number of halogens is 1. The molecule has 1 N–H and O–H groups in total. The SMILES string of the molecule is CN(C)CCN1C(=O)C(O)=C(C(=O)c2cc3cc(Cl)ccc3o2)C1c1cccc(OCc2ccccc2)c1. The van der Waals surface area contributed by atoms with Gasteiger partial charge in [0, 0.05) is 23.5 Å². The summed E-state index contributed by atoms with van der Waals surface area (Å²) >= 11 is 6.10. The first kappa shape index (κ1) is 25.6. The summed E-state index contributed by atoms with van der Waals surface area (Å²) in [5, 5.41) is 12.1. The van der Waals surface area contributed by atoms with Crippen molar-refractivity contribution in [2.24, 2.45) is 0 Å². The molecule has 0 aliphatic carbocycles. The smallest absolute Gasteiger partial charge is 0.290 e. The zero-order valence-electron chi connectivity index (χ0n) is 21.1. The molecular weight excluding hydrogens is 504 g/mol. The normalized spacial score (nSPS) is 15.6. The first-order valence-corrected chi connectivity index (χ1v) is 12.6. The molecule has 2 heterocycles. The number of nitrogens with zero attached hydrogens (tertiary/aromatic N) is 2. The molecule has 3 aromatic carbocycles. The number of furan rings is 1. The number of Topliss-reactive ketones (excluding diaryl/α,β-unsaturated/α-hetero) is 1. The maximum absolute atomic E-state index is 13.8. The van der Waals surface area contributed by atoms with Crippen LogP contribution in [0.25, 0.3) is 11.0 Å². The number of ketones is 1. The molecule has 8 heteroatoms. The van der Waals surface area contributed by atoms with E-state index in [1.165, 1.54) is 4.90 Å². The molecule has 38 heavy (non-hydrogen) atoms. The molecule has 0 bridgehead atoms. The van der Waals surface area contributed by atoms with Crippen molar-refractivity contribution in [1.82, 2.24) is 9.80 Å². The van der Waals surface area contributed by atoms with E-state index in [0.29, 0.717) is 47.0 Å². The van der Waals surface area contributed by atoms with Gasteiger partial charge in [-0.2, -0.15) is 0 Å². The lowest BCUT2D eigenvalue weighted by Crippen LogP contribution is -2.36. The van der Waals surface area contributed by atoms with Gasteiger partial charge in [-0.05, 0) is 61.6 Å². The van der Waals surface area contributed by atoms with Gasteiger partial charge < -0.3 is 24.1 Å². The number of amides is 1. The molecule has 1 aliphatic heterocycles. The highest BCUT2D eigenvalue weighted by Gasteiger charge is 2.44. The summed E-state index contributed by atoms with van der Waals surface area (Å²) in [6.07, 6.45) is 0. The average Bonchev–Trinajstić information content (AvgIpc) is 3.45. The third-order valence-electron chi connectivity index (χ3n) is 6.46. The van der Waals surface area contributed by atoms with Gasteiger partial charge >= 0.3 is 0 Å².